The van der Waals surface area contributed by atoms with Crippen molar-refractivity contribution in [3.8, 4) is 0 Å². The molecule has 0 aromatic heterocycles. The third-order valence-corrected chi connectivity index (χ3v) is 6.15. The maximum absolute atomic E-state index is 13.7. The summed E-state index contributed by atoms with van der Waals surface area (Å²) in [5.74, 6) is -0.132. The van der Waals surface area contributed by atoms with Gasteiger partial charge in [-0.1, -0.05) is 42.5 Å². The minimum Gasteiger partial charge on any atom is -0.390 e. The van der Waals surface area contributed by atoms with Crippen molar-refractivity contribution in [2.24, 2.45) is 0 Å². The van der Waals surface area contributed by atoms with Gasteiger partial charge in [-0.2, -0.15) is 0 Å². The van der Waals surface area contributed by atoms with Crippen LogP contribution in [-0.4, -0.2) is 30.8 Å². The molecule has 1 heterocycles. The monoisotopic (exact) mass is 354 g/mol. The molecular formula is C22H27FN2O. The normalized spacial score (nSPS) is 23.9. The molecule has 0 saturated carbocycles. The Morgan fingerprint density at radius 2 is 1.81 bits per heavy atom. The molecule has 3 N–H and O–H groups in total. The molecule has 4 rings (SSSR count). The molecule has 0 amide bonds. The van der Waals surface area contributed by atoms with Crippen LogP contribution >= 0.6 is 0 Å². The highest BCUT2D eigenvalue weighted by Crippen LogP contribution is 2.49. The molecule has 3 nitrogen and oxygen atoms in total. The molecule has 0 bridgehead atoms. The third kappa shape index (κ3) is 3.07. The number of nitrogens with one attached hydrogen (secondary N) is 2. The zero-order chi connectivity index (χ0) is 18.0. The van der Waals surface area contributed by atoms with Crippen molar-refractivity contribution in [2.45, 2.75) is 43.2 Å². The van der Waals surface area contributed by atoms with E-state index in [1.165, 1.54) is 17.2 Å². The van der Waals surface area contributed by atoms with E-state index in [1.54, 1.807) is 6.07 Å². The van der Waals surface area contributed by atoms with Crippen molar-refractivity contribution in [1.29, 1.82) is 0 Å². The SMILES string of the molecule is O[C@H]1[C@H](NCCCc2ccccc2F)c2ccccc2C12CCNCC2. The zero-order valence-corrected chi connectivity index (χ0v) is 15.0. The van der Waals surface area contributed by atoms with Crippen molar-refractivity contribution >= 4 is 0 Å². The second-order valence-corrected chi connectivity index (χ2v) is 7.56. The highest BCUT2D eigenvalue weighted by Gasteiger charge is 2.51. The summed E-state index contributed by atoms with van der Waals surface area (Å²) in [6, 6.07) is 15.4. The fourth-order valence-corrected chi connectivity index (χ4v) is 4.77. The van der Waals surface area contributed by atoms with E-state index >= 15 is 0 Å². The number of aliphatic hydroxyl groups is 1. The van der Waals surface area contributed by atoms with Gasteiger partial charge in [0.15, 0.2) is 0 Å². The number of aliphatic hydroxyl groups excluding tert-OH is 1. The van der Waals surface area contributed by atoms with Crippen molar-refractivity contribution in [3.05, 3.63) is 71.0 Å². The fourth-order valence-electron chi connectivity index (χ4n) is 4.77. The fraction of sp³-hybridized carbons (Fsp3) is 0.455. The van der Waals surface area contributed by atoms with Crippen molar-refractivity contribution in [2.75, 3.05) is 19.6 Å². The molecular weight excluding hydrogens is 327 g/mol. The van der Waals surface area contributed by atoms with Gasteiger partial charge in [-0.15, -0.1) is 0 Å². The molecule has 26 heavy (non-hydrogen) atoms. The Kier molecular flexibility index (Phi) is 5.07. The molecule has 1 fully saturated rings. The van der Waals surface area contributed by atoms with Crippen LogP contribution in [0.15, 0.2) is 48.5 Å². The van der Waals surface area contributed by atoms with E-state index in [0.717, 1.165) is 44.5 Å². The lowest BCUT2D eigenvalue weighted by Crippen LogP contribution is -2.48. The van der Waals surface area contributed by atoms with Gasteiger partial charge in [-0.05, 0) is 68.1 Å². The van der Waals surface area contributed by atoms with Gasteiger partial charge in [-0.3, -0.25) is 0 Å². The van der Waals surface area contributed by atoms with E-state index in [4.69, 9.17) is 0 Å². The van der Waals surface area contributed by atoms with Crippen LogP contribution in [0.3, 0.4) is 0 Å². The smallest absolute Gasteiger partial charge is 0.126 e. The number of fused-ring (bicyclic) bond motifs is 2. The summed E-state index contributed by atoms with van der Waals surface area (Å²) in [5.41, 5.74) is 3.16. The third-order valence-electron chi connectivity index (χ3n) is 6.15. The minimum atomic E-state index is -0.407. The Morgan fingerprint density at radius 3 is 2.62 bits per heavy atom. The van der Waals surface area contributed by atoms with Crippen LogP contribution in [0.4, 0.5) is 4.39 Å². The van der Waals surface area contributed by atoms with E-state index in [2.05, 4.69) is 34.9 Å². The van der Waals surface area contributed by atoms with Crippen molar-refractivity contribution in [3.63, 3.8) is 0 Å². The Bertz CT molecular complexity index is 757. The molecule has 1 aliphatic heterocycles. The Balaban J connectivity index is 1.44. The lowest BCUT2D eigenvalue weighted by atomic mass is 9.72. The molecule has 1 saturated heterocycles. The standard InChI is InChI=1S/C22H27FN2O/c23-19-10-4-1-6-16(19)7-5-13-25-20-17-8-2-3-9-18(17)22(21(20)26)11-14-24-15-12-22/h1-4,6,8-10,20-21,24-26H,5,7,11-15H2/t20-,21+/m1/s1. The molecule has 138 valence electrons. The van der Waals surface area contributed by atoms with E-state index < -0.39 is 6.10 Å². The number of halogens is 1. The second kappa shape index (κ2) is 7.47. The van der Waals surface area contributed by atoms with Crippen LogP contribution < -0.4 is 10.6 Å². The number of hydrogen-bond donors (Lipinski definition) is 3. The largest absolute Gasteiger partial charge is 0.390 e. The van der Waals surface area contributed by atoms with Crippen LogP contribution in [0, 0.1) is 5.82 Å². The number of piperidine rings is 1. The molecule has 0 unspecified atom stereocenters. The summed E-state index contributed by atoms with van der Waals surface area (Å²) in [5, 5.41) is 18.2. The lowest BCUT2D eigenvalue weighted by molar-refractivity contribution is 0.0444. The van der Waals surface area contributed by atoms with E-state index in [-0.39, 0.29) is 17.3 Å². The highest BCUT2D eigenvalue weighted by molar-refractivity contribution is 5.45. The van der Waals surface area contributed by atoms with Gasteiger partial charge in [0.2, 0.25) is 0 Å². The van der Waals surface area contributed by atoms with E-state index in [1.807, 2.05) is 12.1 Å². The first-order valence-electron chi connectivity index (χ1n) is 9.67. The van der Waals surface area contributed by atoms with Gasteiger partial charge in [0.25, 0.3) is 0 Å². The van der Waals surface area contributed by atoms with Crippen molar-refractivity contribution < 1.29 is 9.50 Å². The molecule has 2 aromatic rings. The number of aryl methyl sites for hydroxylation is 1. The summed E-state index contributed by atoms with van der Waals surface area (Å²) in [4.78, 5) is 0. The molecule has 2 aliphatic rings. The Hall–Kier alpha value is -1.75. The van der Waals surface area contributed by atoms with Gasteiger partial charge < -0.3 is 15.7 Å². The molecule has 0 radical (unpaired) electrons. The van der Waals surface area contributed by atoms with Gasteiger partial charge in [0.05, 0.1) is 12.1 Å². The van der Waals surface area contributed by atoms with Gasteiger partial charge in [0.1, 0.15) is 5.82 Å². The van der Waals surface area contributed by atoms with Crippen LogP contribution in [0.1, 0.15) is 42.0 Å². The summed E-state index contributed by atoms with van der Waals surface area (Å²) in [6.07, 6.45) is 3.09. The summed E-state index contributed by atoms with van der Waals surface area (Å²) < 4.78 is 13.7. The summed E-state index contributed by atoms with van der Waals surface area (Å²) in [7, 11) is 0. The van der Waals surface area contributed by atoms with Gasteiger partial charge in [0, 0.05) is 5.41 Å². The second-order valence-electron chi connectivity index (χ2n) is 7.56. The maximum atomic E-state index is 13.7. The Morgan fingerprint density at radius 1 is 1.08 bits per heavy atom. The quantitative estimate of drug-likeness (QED) is 0.723. The predicted molar refractivity (Wildman–Crippen MR) is 102 cm³/mol. The summed E-state index contributed by atoms with van der Waals surface area (Å²) >= 11 is 0. The molecule has 2 aromatic carbocycles. The van der Waals surface area contributed by atoms with Crippen molar-refractivity contribution in [1.82, 2.24) is 10.6 Å². The van der Waals surface area contributed by atoms with Crippen LogP contribution in [0.5, 0.6) is 0 Å². The average Bonchev–Trinajstić information content (AvgIpc) is 2.90. The topological polar surface area (TPSA) is 44.3 Å². The molecule has 2 atom stereocenters. The predicted octanol–water partition coefficient (Wildman–Crippen LogP) is 3.08. The molecule has 1 aliphatic carbocycles. The first kappa shape index (κ1) is 17.7. The first-order valence-corrected chi connectivity index (χ1v) is 9.67. The number of hydrogen-bond acceptors (Lipinski definition) is 3. The highest BCUT2D eigenvalue weighted by atomic mass is 19.1. The van der Waals surface area contributed by atoms with Gasteiger partial charge >= 0.3 is 0 Å². The zero-order valence-electron chi connectivity index (χ0n) is 15.0. The van der Waals surface area contributed by atoms with E-state index in [9.17, 15) is 9.50 Å². The number of rotatable bonds is 5. The van der Waals surface area contributed by atoms with Crippen LogP contribution in [0.25, 0.3) is 0 Å². The maximum Gasteiger partial charge on any atom is 0.126 e. The number of benzene rings is 2. The van der Waals surface area contributed by atoms with Crippen LogP contribution in [0.2, 0.25) is 0 Å². The van der Waals surface area contributed by atoms with Crippen LogP contribution in [-0.2, 0) is 11.8 Å². The lowest BCUT2D eigenvalue weighted by Gasteiger charge is -2.39. The first-order chi connectivity index (χ1) is 12.7. The average molecular weight is 354 g/mol. The molecule has 4 heteroatoms. The van der Waals surface area contributed by atoms with E-state index in [0.29, 0.717) is 6.42 Å². The Labute approximate surface area is 154 Å². The minimum absolute atomic E-state index is 0.0371. The summed E-state index contributed by atoms with van der Waals surface area (Å²) in [6.45, 7) is 2.66. The van der Waals surface area contributed by atoms with Gasteiger partial charge in [-0.25, -0.2) is 4.39 Å². The molecule has 1 spiro atoms.